The maximum atomic E-state index is 13.4. The van der Waals surface area contributed by atoms with E-state index in [0.717, 1.165) is 25.9 Å². The quantitative estimate of drug-likeness (QED) is 0.737. The summed E-state index contributed by atoms with van der Waals surface area (Å²) >= 11 is 0. The molecule has 1 atom stereocenters. The van der Waals surface area contributed by atoms with E-state index in [9.17, 15) is 9.18 Å². The number of likely N-dealkylation sites (tertiary alicyclic amines) is 1. The molecule has 1 aromatic rings. The van der Waals surface area contributed by atoms with Gasteiger partial charge in [-0.2, -0.15) is 0 Å². The molecule has 0 radical (unpaired) electrons. The minimum absolute atomic E-state index is 0.0146. The average Bonchev–Trinajstić information content (AvgIpc) is 2.29. The summed E-state index contributed by atoms with van der Waals surface area (Å²) in [5.74, 6) is -1.09. The van der Waals surface area contributed by atoms with Gasteiger partial charge < -0.3 is 9.64 Å². The maximum absolute atomic E-state index is 13.4. The van der Waals surface area contributed by atoms with E-state index < -0.39 is 11.8 Å². The summed E-state index contributed by atoms with van der Waals surface area (Å²) in [6.07, 6.45) is 1.73. The van der Waals surface area contributed by atoms with Crippen LogP contribution in [-0.4, -0.2) is 37.1 Å². The molecule has 3 nitrogen and oxygen atoms in total. The molecule has 0 spiro atoms. The van der Waals surface area contributed by atoms with Gasteiger partial charge in [-0.3, -0.25) is 0 Å². The number of carbonyl (C=O) groups excluding carboxylic acids is 1. The minimum Gasteiger partial charge on any atom is -0.457 e. The summed E-state index contributed by atoms with van der Waals surface area (Å²) < 4.78 is 18.7. The van der Waals surface area contributed by atoms with Gasteiger partial charge >= 0.3 is 5.97 Å². The van der Waals surface area contributed by atoms with Crippen molar-refractivity contribution in [3.63, 3.8) is 0 Å². The molecule has 1 aliphatic heterocycles. The first kappa shape index (κ1) is 12.0. The molecule has 92 valence electrons. The highest BCUT2D eigenvalue weighted by molar-refractivity contribution is 5.89. The molecular formula is C13H16FNO2. The number of nitrogens with zero attached hydrogens (tertiary/aromatic N) is 1. The Kier molecular flexibility index (Phi) is 3.74. The molecule has 0 aromatic heterocycles. The molecular weight excluding hydrogens is 221 g/mol. The van der Waals surface area contributed by atoms with Gasteiger partial charge in [0.2, 0.25) is 0 Å². The van der Waals surface area contributed by atoms with Gasteiger partial charge in [0.05, 0.1) is 5.56 Å². The summed E-state index contributed by atoms with van der Waals surface area (Å²) in [7, 11) is 1.99. The third kappa shape index (κ3) is 3.03. The molecule has 1 saturated heterocycles. The minimum atomic E-state index is -0.566. The predicted octanol–water partition coefficient (Wildman–Crippen LogP) is 2.08. The van der Waals surface area contributed by atoms with Gasteiger partial charge in [0.15, 0.2) is 0 Å². The van der Waals surface area contributed by atoms with Crippen LogP contribution in [0.15, 0.2) is 24.3 Å². The second kappa shape index (κ2) is 5.27. The van der Waals surface area contributed by atoms with Crippen LogP contribution < -0.4 is 0 Å². The molecule has 1 aliphatic rings. The third-order valence-electron chi connectivity index (χ3n) is 2.95. The Morgan fingerprint density at radius 3 is 2.94 bits per heavy atom. The van der Waals surface area contributed by atoms with Crippen LogP contribution in [0, 0.1) is 5.82 Å². The van der Waals surface area contributed by atoms with Crippen molar-refractivity contribution in [1.82, 2.24) is 4.90 Å². The number of likely N-dealkylation sites (N-methyl/N-ethyl adjacent to an activating group) is 1. The predicted molar refractivity (Wildman–Crippen MR) is 62.3 cm³/mol. The summed E-state index contributed by atoms with van der Waals surface area (Å²) in [4.78, 5) is 13.9. The lowest BCUT2D eigenvalue weighted by molar-refractivity contribution is 0.0104. The van der Waals surface area contributed by atoms with Crippen LogP contribution in [0.25, 0.3) is 0 Å². The number of piperidine rings is 1. The van der Waals surface area contributed by atoms with Crippen LogP contribution in [-0.2, 0) is 4.74 Å². The zero-order valence-electron chi connectivity index (χ0n) is 9.86. The van der Waals surface area contributed by atoms with Crippen LogP contribution in [0.1, 0.15) is 23.2 Å². The largest absolute Gasteiger partial charge is 0.457 e. The number of carbonyl (C=O) groups is 1. The van der Waals surface area contributed by atoms with Crippen molar-refractivity contribution in [2.75, 3.05) is 20.1 Å². The van der Waals surface area contributed by atoms with E-state index in [1.165, 1.54) is 12.1 Å². The van der Waals surface area contributed by atoms with Crippen molar-refractivity contribution in [3.05, 3.63) is 35.6 Å². The topological polar surface area (TPSA) is 29.5 Å². The van der Waals surface area contributed by atoms with Gasteiger partial charge in [-0.15, -0.1) is 0 Å². The first-order valence-corrected chi connectivity index (χ1v) is 5.81. The molecule has 1 heterocycles. The van der Waals surface area contributed by atoms with Crippen LogP contribution in [0.3, 0.4) is 0 Å². The summed E-state index contributed by atoms with van der Waals surface area (Å²) in [6.45, 7) is 1.74. The molecule has 0 bridgehead atoms. The second-order valence-corrected chi connectivity index (χ2v) is 4.41. The van der Waals surface area contributed by atoms with Crippen LogP contribution in [0.5, 0.6) is 0 Å². The zero-order valence-corrected chi connectivity index (χ0v) is 9.86. The number of hydrogen-bond acceptors (Lipinski definition) is 3. The Bertz CT molecular complexity index is 408. The molecule has 4 heteroatoms. The fourth-order valence-corrected chi connectivity index (χ4v) is 2.06. The highest BCUT2D eigenvalue weighted by atomic mass is 19.1. The molecule has 1 aromatic carbocycles. The van der Waals surface area contributed by atoms with Crippen molar-refractivity contribution < 1.29 is 13.9 Å². The van der Waals surface area contributed by atoms with Crippen molar-refractivity contribution in [3.8, 4) is 0 Å². The summed E-state index contributed by atoms with van der Waals surface area (Å²) in [5, 5.41) is 0. The zero-order chi connectivity index (χ0) is 12.3. The molecule has 0 aliphatic carbocycles. The fourth-order valence-electron chi connectivity index (χ4n) is 2.06. The van der Waals surface area contributed by atoms with E-state index in [0.29, 0.717) is 0 Å². The van der Waals surface area contributed by atoms with Gasteiger partial charge in [0.1, 0.15) is 11.9 Å². The first-order valence-electron chi connectivity index (χ1n) is 5.81. The fraction of sp³-hybridized carbons (Fsp3) is 0.462. The third-order valence-corrected chi connectivity index (χ3v) is 2.95. The SMILES string of the molecule is CN1CCC[C@H](OC(=O)c2ccccc2F)C1. The summed E-state index contributed by atoms with van der Waals surface area (Å²) in [6, 6.07) is 5.90. The standard InChI is InChI=1S/C13H16FNO2/c1-15-8-4-5-10(9-15)17-13(16)11-6-2-3-7-12(11)14/h2-3,6-7,10H,4-5,8-9H2,1H3/t10-/m0/s1. The normalized spacial score (nSPS) is 21.2. The lowest BCUT2D eigenvalue weighted by atomic mass is 10.1. The Hall–Kier alpha value is -1.42. The molecule has 1 fully saturated rings. The smallest absolute Gasteiger partial charge is 0.341 e. The lowest BCUT2D eigenvalue weighted by Gasteiger charge is -2.29. The first-order chi connectivity index (χ1) is 8.16. The Morgan fingerprint density at radius 2 is 2.24 bits per heavy atom. The van der Waals surface area contributed by atoms with E-state index in [1.54, 1.807) is 12.1 Å². The van der Waals surface area contributed by atoms with Gasteiger partial charge in [0.25, 0.3) is 0 Å². The Morgan fingerprint density at radius 1 is 1.47 bits per heavy atom. The molecule has 2 rings (SSSR count). The average molecular weight is 237 g/mol. The van der Waals surface area contributed by atoms with E-state index in [-0.39, 0.29) is 11.7 Å². The number of halogens is 1. The number of esters is 1. The van der Waals surface area contributed by atoms with Crippen LogP contribution in [0.2, 0.25) is 0 Å². The van der Waals surface area contributed by atoms with E-state index >= 15 is 0 Å². The van der Waals surface area contributed by atoms with Crippen molar-refractivity contribution in [1.29, 1.82) is 0 Å². The van der Waals surface area contributed by atoms with E-state index in [1.807, 2.05) is 7.05 Å². The maximum Gasteiger partial charge on any atom is 0.341 e. The molecule has 0 N–H and O–H groups in total. The van der Waals surface area contributed by atoms with E-state index in [4.69, 9.17) is 4.74 Å². The molecule has 17 heavy (non-hydrogen) atoms. The van der Waals surface area contributed by atoms with Gasteiger partial charge in [-0.1, -0.05) is 12.1 Å². The van der Waals surface area contributed by atoms with Gasteiger partial charge in [0, 0.05) is 6.54 Å². The Balaban J connectivity index is 1.99. The number of rotatable bonds is 2. The molecule has 0 unspecified atom stereocenters. The van der Waals surface area contributed by atoms with Crippen LogP contribution >= 0.6 is 0 Å². The molecule has 0 amide bonds. The van der Waals surface area contributed by atoms with Crippen molar-refractivity contribution in [2.24, 2.45) is 0 Å². The Labute approximate surface area is 100 Å². The number of ether oxygens (including phenoxy) is 1. The lowest BCUT2D eigenvalue weighted by Crippen LogP contribution is -2.38. The van der Waals surface area contributed by atoms with Gasteiger partial charge in [-0.25, -0.2) is 9.18 Å². The van der Waals surface area contributed by atoms with Crippen molar-refractivity contribution >= 4 is 5.97 Å². The summed E-state index contributed by atoms with van der Waals surface area (Å²) in [5.41, 5.74) is 0.0146. The monoisotopic (exact) mass is 237 g/mol. The van der Waals surface area contributed by atoms with Gasteiger partial charge in [-0.05, 0) is 38.6 Å². The van der Waals surface area contributed by atoms with Crippen molar-refractivity contribution in [2.45, 2.75) is 18.9 Å². The second-order valence-electron chi connectivity index (χ2n) is 4.41. The highest BCUT2D eigenvalue weighted by Crippen LogP contribution is 2.15. The number of hydrogen-bond donors (Lipinski definition) is 0. The van der Waals surface area contributed by atoms with E-state index in [2.05, 4.69) is 4.90 Å². The van der Waals surface area contributed by atoms with Crippen LogP contribution in [0.4, 0.5) is 4.39 Å². The highest BCUT2D eigenvalue weighted by Gasteiger charge is 2.22. The molecule has 0 saturated carbocycles. The number of benzene rings is 1.